The van der Waals surface area contributed by atoms with Crippen LogP contribution in [0.5, 0.6) is 0 Å². The van der Waals surface area contributed by atoms with E-state index in [-0.39, 0.29) is 28.2 Å². The van der Waals surface area contributed by atoms with Gasteiger partial charge in [-0.2, -0.15) is 0 Å². The summed E-state index contributed by atoms with van der Waals surface area (Å²) >= 11 is 0. The fraction of sp³-hybridized carbons (Fsp3) is 0.450. The van der Waals surface area contributed by atoms with Crippen LogP contribution in [0, 0.1) is 5.92 Å². The minimum Gasteiger partial charge on any atom is -0.440 e. The largest absolute Gasteiger partial charge is 0.440 e. The number of carbonyl (C=O) groups is 1. The first-order chi connectivity index (χ1) is 11.9. The van der Waals surface area contributed by atoms with E-state index in [0.29, 0.717) is 0 Å². The maximum Gasteiger partial charge on any atom is 0.287 e. The third-order valence-electron chi connectivity index (χ3n) is 4.26. The molecule has 0 aliphatic heterocycles. The molecule has 0 radical (unpaired) electrons. The molecular weight excluding hydrogens is 350 g/mol. The molecule has 2 rings (SSSR count). The molecule has 0 aliphatic carbocycles. The number of hydrogen-bond donors (Lipinski definition) is 1. The Hall–Kier alpha value is -2.08. The number of hydrogen-bond acceptors (Lipinski definition) is 4. The molecule has 0 saturated carbocycles. The van der Waals surface area contributed by atoms with E-state index in [0.717, 1.165) is 11.8 Å². The molecule has 1 atom stereocenters. The second-order valence-corrected chi connectivity index (χ2v) is 9.90. The third-order valence-corrected chi connectivity index (χ3v) is 5.21. The zero-order chi connectivity index (χ0) is 19.7. The third kappa shape index (κ3) is 4.75. The van der Waals surface area contributed by atoms with Gasteiger partial charge in [-0.3, -0.25) is 4.79 Å². The predicted octanol–water partition coefficient (Wildman–Crippen LogP) is 4.11. The van der Waals surface area contributed by atoms with Gasteiger partial charge in [-0.25, -0.2) is 8.42 Å². The van der Waals surface area contributed by atoms with Crippen LogP contribution in [-0.2, 0) is 15.3 Å². The standard InChI is InChI=1S/C20H27NO4S/c1-13(2)18(14-7-9-15(10-8-14)20(3,4)5)21-19(22)16-11-12-17(25-16)26(6,23)24/h7-13,18H,1-6H3,(H,21,22). The van der Waals surface area contributed by atoms with Crippen molar-refractivity contribution in [1.29, 1.82) is 0 Å². The Kier molecular flexibility index (Phi) is 5.66. The molecule has 5 nitrogen and oxygen atoms in total. The molecule has 0 saturated heterocycles. The Labute approximate surface area is 155 Å². The molecule has 1 aromatic carbocycles. The average Bonchev–Trinajstić information content (AvgIpc) is 3.01. The first-order valence-corrected chi connectivity index (χ1v) is 10.5. The second kappa shape index (κ2) is 7.27. The normalized spacial score (nSPS) is 13.7. The van der Waals surface area contributed by atoms with Crippen molar-refractivity contribution in [1.82, 2.24) is 5.32 Å². The van der Waals surface area contributed by atoms with Gasteiger partial charge in [0.15, 0.2) is 5.76 Å². The van der Waals surface area contributed by atoms with E-state index in [1.165, 1.54) is 17.7 Å². The van der Waals surface area contributed by atoms with Gasteiger partial charge in [-0.05, 0) is 34.6 Å². The summed E-state index contributed by atoms with van der Waals surface area (Å²) in [6.45, 7) is 10.5. The van der Waals surface area contributed by atoms with Gasteiger partial charge >= 0.3 is 0 Å². The van der Waals surface area contributed by atoms with Crippen molar-refractivity contribution in [3.8, 4) is 0 Å². The van der Waals surface area contributed by atoms with E-state index >= 15 is 0 Å². The lowest BCUT2D eigenvalue weighted by Gasteiger charge is -2.24. The first kappa shape index (κ1) is 20.2. The maximum atomic E-state index is 12.5. The Morgan fingerprint density at radius 3 is 2.04 bits per heavy atom. The summed E-state index contributed by atoms with van der Waals surface area (Å²) < 4.78 is 28.2. The van der Waals surface area contributed by atoms with Crippen LogP contribution < -0.4 is 5.32 Å². The zero-order valence-electron chi connectivity index (χ0n) is 16.2. The summed E-state index contributed by atoms with van der Waals surface area (Å²) in [5.41, 5.74) is 2.28. The Bertz CT molecular complexity index is 871. The van der Waals surface area contributed by atoms with Crippen LogP contribution in [0.2, 0.25) is 0 Å². The van der Waals surface area contributed by atoms with Gasteiger partial charge in [0.05, 0.1) is 6.04 Å². The van der Waals surface area contributed by atoms with Gasteiger partial charge in [-0.1, -0.05) is 58.9 Å². The summed E-state index contributed by atoms with van der Waals surface area (Å²) in [6.07, 6.45) is 1.04. The van der Waals surface area contributed by atoms with Gasteiger partial charge in [-0.15, -0.1) is 0 Å². The molecule has 142 valence electrons. The summed E-state index contributed by atoms with van der Waals surface area (Å²) in [5.74, 6) is -0.287. The fourth-order valence-electron chi connectivity index (χ4n) is 2.68. The van der Waals surface area contributed by atoms with Gasteiger partial charge < -0.3 is 9.73 Å². The molecular formula is C20H27NO4S. The predicted molar refractivity (Wildman–Crippen MR) is 102 cm³/mol. The van der Waals surface area contributed by atoms with Crippen LogP contribution >= 0.6 is 0 Å². The van der Waals surface area contributed by atoms with Crippen molar-refractivity contribution in [2.45, 2.75) is 51.2 Å². The monoisotopic (exact) mass is 377 g/mol. The van der Waals surface area contributed by atoms with Crippen molar-refractivity contribution < 1.29 is 17.6 Å². The molecule has 6 heteroatoms. The number of benzene rings is 1. The Morgan fingerprint density at radius 1 is 1.04 bits per heavy atom. The molecule has 1 amide bonds. The number of furan rings is 1. The lowest BCUT2D eigenvalue weighted by molar-refractivity contribution is 0.0892. The minimum atomic E-state index is -3.48. The van der Waals surface area contributed by atoms with E-state index in [1.807, 2.05) is 26.0 Å². The van der Waals surface area contributed by atoms with Crippen LogP contribution in [0.4, 0.5) is 0 Å². The van der Waals surface area contributed by atoms with Gasteiger partial charge in [0.1, 0.15) is 0 Å². The van der Waals surface area contributed by atoms with Crippen molar-refractivity contribution in [3.05, 3.63) is 53.3 Å². The molecule has 0 fully saturated rings. The van der Waals surface area contributed by atoms with Crippen LogP contribution in [-0.4, -0.2) is 20.6 Å². The highest BCUT2D eigenvalue weighted by Crippen LogP contribution is 2.27. The SMILES string of the molecule is CC(C)C(NC(=O)c1ccc(S(C)(=O)=O)o1)c1ccc(C(C)(C)C)cc1. The van der Waals surface area contributed by atoms with Crippen LogP contribution in [0.15, 0.2) is 45.9 Å². The van der Waals surface area contributed by atoms with E-state index in [2.05, 4.69) is 38.2 Å². The average molecular weight is 378 g/mol. The Morgan fingerprint density at radius 2 is 1.62 bits per heavy atom. The number of rotatable bonds is 5. The minimum absolute atomic E-state index is 0.0117. The summed E-state index contributed by atoms with van der Waals surface area (Å²) in [4.78, 5) is 12.5. The number of sulfone groups is 1. The van der Waals surface area contributed by atoms with Gasteiger partial charge in [0.2, 0.25) is 14.9 Å². The fourth-order valence-corrected chi connectivity index (χ4v) is 3.24. The molecule has 0 spiro atoms. The van der Waals surface area contributed by atoms with Crippen molar-refractivity contribution >= 4 is 15.7 Å². The summed E-state index contributed by atoms with van der Waals surface area (Å²) in [5, 5.41) is 2.73. The van der Waals surface area contributed by atoms with E-state index in [9.17, 15) is 13.2 Å². The number of carbonyl (C=O) groups excluding carboxylic acids is 1. The van der Waals surface area contributed by atoms with Crippen LogP contribution in [0.3, 0.4) is 0 Å². The molecule has 2 aromatic rings. The maximum absolute atomic E-state index is 12.5. The van der Waals surface area contributed by atoms with Crippen molar-refractivity contribution in [3.63, 3.8) is 0 Å². The first-order valence-electron chi connectivity index (χ1n) is 8.61. The van der Waals surface area contributed by atoms with E-state index in [1.54, 1.807) is 0 Å². The molecule has 1 heterocycles. The van der Waals surface area contributed by atoms with Gasteiger partial charge in [0.25, 0.3) is 5.91 Å². The topological polar surface area (TPSA) is 76.4 Å². The molecule has 0 aliphatic rings. The molecule has 1 N–H and O–H groups in total. The number of nitrogens with one attached hydrogen (secondary N) is 1. The highest BCUT2D eigenvalue weighted by molar-refractivity contribution is 7.90. The van der Waals surface area contributed by atoms with Crippen molar-refractivity contribution in [2.24, 2.45) is 5.92 Å². The van der Waals surface area contributed by atoms with E-state index in [4.69, 9.17) is 4.42 Å². The Balaban J connectivity index is 2.23. The van der Waals surface area contributed by atoms with Crippen molar-refractivity contribution in [2.75, 3.05) is 6.26 Å². The smallest absolute Gasteiger partial charge is 0.287 e. The van der Waals surface area contributed by atoms with Crippen LogP contribution in [0.25, 0.3) is 0 Å². The molecule has 0 bridgehead atoms. The lowest BCUT2D eigenvalue weighted by atomic mass is 9.85. The quantitative estimate of drug-likeness (QED) is 0.851. The van der Waals surface area contributed by atoms with Crippen LogP contribution in [0.1, 0.15) is 62.3 Å². The van der Waals surface area contributed by atoms with E-state index < -0.39 is 15.7 Å². The summed E-state index contributed by atoms with van der Waals surface area (Å²) in [6, 6.07) is 10.7. The highest BCUT2D eigenvalue weighted by Gasteiger charge is 2.23. The second-order valence-electron chi connectivity index (χ2n) is 7.96. The zero-order valence-corrected chi connectivity index (χ0v) is 17.0. The molecule has 26 heavy (non-hydrogen) atoms. The highest BCUT2D eigenvalue weighted by atomic mass is 32.2. The number of amides is 1. The molecule has 1 aromatic heterocycles. The summed E-state index contributed by atoms with van der Waals surface area (Å²) in [7, 11) is -3.48. The molecule has 1 unspecified atom stereocenters. The lowest BCUT2D eigenvalue weighted by Crippen LogP contribution is -2.31. The van der Waals surface area contributed by atoms with Gasteiger partial charge in [0, 0.05) is 6.26 Å².